The van der Waals surface area contributed by atoms with Crippen LogP contribution in [-0.4, -0.2) is 63.4 Å². The number of rotatable bonds is 2. The molecule has 0 radical (unpaired) electrons. The maximum atomic E-state index is 14.2. The van der Waals surface area contributed by atoms with Crippen molar-refractivity contribution >= 4 is 44.2 Å². The summed E-state index contributed by atoms with van der Waals surface area (Å²) in [6.07, 6.45) is 11.5. The largest absolute Gasteiger partial charge is 0.349 e. The third-order valence-electron chi connectivity index (χ3n) is 7.18. The van der Waals surface area contributed by atoms with Crippen molar-refractivity contribution in [1.29, 1.82) is 0 Å². The van der Waals surface area contributed by atoms with Gasteiger partial charge in [-0.3, -0.25) is 0 Å². The standard InChI is InChI=1S/C26H32N8O2S/c1-17-16-34-21(15-27-17)26(37(35,36)32-25(2,3)4)10-7-20(8-11-26)33-12-9-18-13-29-24(31-23(18)33)30-19-5-6-22(34)28-14-19/h5-10,12-14,17,21,27,32H,11,15-16H2,1-4H3,(H,29,30,31)/t17-,21-,26?/m0/s1. The lowest BCUT2D eigenvalue weighted by Crippen LogP contribution is -2.69. The predicted octanol–water partition coefficient (Wildman–Crippen LogP) is 3.01. The second kappa shape index (κ2) is 8.37. The lowest BCUT2D eigenvalue weighted by Gasteiger charge is -2.49. The Hall–Kier alpha value is -3.28. The molecule has 0 saturated carbocycles. The molecule has 194 valence electrons. The molecule has 1 fully saturated rings. The number of hydrogen-bond acceptors (Lipinski definition) is 8. The van der Waals surface area contributed by atoms with Gasteiger partial charge in [-0.15, -0.1) is 0 Å². The number of pyridine rings is 1. The van der Waals surface area contributed by atoms with Gasteiger partial charge in [0.1, 0.15) is 16.2 Å². The van der Waals surface area contributed by atoms with Gasteiger partial charge >= 0.3 is 0 Å². The van der Waals surface area contributed by atoms with Crippen LogP contribution >= 0.6 is 0 Å². The summed E-state index contributed by atoms with van der Waals surface area (Å²) in [5.41, 5.74) is 1.74. The maximum Gasteiger partial charge on any atom is 0.229 e. The minimum absolute atomic E-state index is 0.176. The first-order valence-electron chi connectivity index (χ1n) is 12.6. The van der Waals surface area contributed by atoms with Crippen LogP contribution in [0.2, 0.25) is 0 Å². The van der Waals surface area contributed by atoms with E-state index in [1.165, 1.54) is 0 Å². The summed E-state index contributed by atoms with van der Waals surface area (Å²) in [5.74, 6) is 1.20. The third-order valence-corrected chi connectivity index (χ3v) is 9.64. The predicted molar refractivity (Wildman–Crippen MR) is 146 cm³/mol. The highest BCUT2D eigenvalue weighted by atomic mass is 32.2. The molecule has 8 heterocycles. The number of nitrogens with one attached hydrogen (secondary N) is 3. The fourth-order valence-electron chi connectivity index (χ4n) is 5.47. The van der Waals surface area contributed by atoms with Crippen molar-refractivity contribution in [1.82, 2.24) is 29.6 Å². The van der Waals surface area contributed by atoms with E-state index in [0.29, 0.717) is 25.5 Å². The van der Waals surface area contributed by atoms with Crippen molar-refractivity contribution in [2.24, 2.45) is 0 Å². The molecule has 3 aromatic rings. The van der Waals surface area contributed by atoms with Crippen molar-refractivity contribution in [2.45, 2.75) is 56.5 Å². The summed E-state index contributed by atoms with van der Waals surface area (Å²) in [4.78, 5) is 16.1. The van der Waals surface area contributed by atoms with E-state index in [4.69, 9.17) is 9.97 Å². The van der Waals surface area contributed by atoms with Gasteiger partial charge in [-0.25, -0.2) is 23.1 Å². The van der Waals surface area contributed by atoms with Gasteiger partial charge in [0.2, 0.25) is 16.0 Å². The van der Waals surface area contributed by atoms with Crippen LogP contribution in [0.3, 0.4) is 0 Å². The Kier molecular flexibility index (Phi) is 5.45. The fourth-order valence-corrected chi connectivity index (χ4v) is 7.59. The quantitative estimate of drug-likeness (QED) is 0.472. The molecule has 6 bridgehead atoms. The average molecular weight is 521 g/mol. The van der Waals surface area contributed by atoms with Crippen molar-refractivity contribution < 1.29 is 8.42 Å². The molecule has 3 atom stereocenters. The van der Waals surface area contributed by atoms with E-state index < -0.39 is 20.3 Å². The average Bonchev–Trinajstić information content (AvgIpc) is 3.26. The Labute approximate surface area is 216 Å². The van der Waals surface area contributed by atoms with E-state index in [1.807, 2.05) is 68.0 Å². The van der Waals surface area contributed by atoms with Gasteiger partial charge in [-0.05, 0) is 58.4 Å². The van der Waals surface area contributed by atoms with Gasteiger partial charge < -0.3 is 20.1 Å². The maximum absolute atomic E-state index is 14.2. The van der Waals surface area contributed by atoms with Crippen LogP contribution in [0.1, 0.15) is 34.1 Å². The van der Waals surface area contributed by atoms with Gasteiger partial charge in [0.25, 0.3) is 0 Å². The van der Waals surface area contributed by atoms with Gasteiger partial charge in [-0.2, -0.15) is 4.98 Å². The summed E-state index contributed by atoms with van der Waals surface area (Å²) in [6, 6.07) is 5.61. The van der Waals surface area contributed by atoms with E-state index in [9.17, 15) is 8.42 Å². The molecule has 9 rings (SSSR count). The molecule has 6 aliphatic rings. The van der Waals surface area contributed by atoms with E-state index in [0.717, 1.165) is 28.2 Å². The molecule has 0 aromatic carbocycles. The second-order valence-corrected chi connectivity index (χ2v) is 13.1. The van der Waals surface area contributed by atoms with Gasteiger partial charge in [0.15, 0.2) is 0 Å². The zero-order valence-corrected chi connectivity index (χ0v) is 22.2. The number of piperazine rings is 1. The molecule has 1 saturated heterocycles. The van der Waals surface area contributed by atoms with Crippen molar-refractivity contribution in [3.05, 3.63) is 55.0 Å². The normalized spacial score (nSPS) is 25.5. The molecule has 0 spiro atoms. The highest BCUT2D eigenvalue weighted by Gasteiger charge is 2.53. The highest BCUT2D eigenvalue weighted by molar-refractivity contribution is 7.91. The molecule has 1 unspecified atom stereocenters. The molecule has 11 heteroatoms. The first-order chi connectivity index (χ1) is 17.5. The Morgan fingerprint density at radius 3 is 2.70 bits per heavy atom. The van der Waals surface area contributed by atoms with Gasteiger partial charge in [-0.1, -0.05) is 12.2 Å². The lowest BCUT2D eigenvalue weighted by atomic mass is 9.87. The van der Waals surface area contributed by atoms with Crippen LogP contribution in [0, 0.1) is 0 Å². The number of hydrogen-bond donors (Lipinski definition) is 3. The number of aromatic nitrogens is 4. The number of sulfonamides is 1. The van der Waals surface area contributed by atoms with Gasteiger partial charge in [0.05, 0.1) is 17.9 Å². The van der Waals surface area contributed by atoms with Crippen LogP contribution in [-0.2, 0) is 10.0 Å². The topological polar surface area (TPSA) is 117 Å². The Bertz CT molecular complexity index is 1520. The van der Waals surface area contributed by atoms with Crippen molar-refractivity contribution in [3.8, 4) is 0 Å². The zero-order chi connectivity index (χ0) is 26.0. The summed E-state index contributed by atoms with van der Waals surface area (Å²) in [7, 11) is -3.83. The first kappa shape index (κ1) is 24.1. The second-order valence-electron chi connectivity index (χ2n) is 11.1. The van der Waals surface area contributed by atoms with E-state index in [2.05, 4.69) is 32.2 Å². The van der Waals surface area contributed by atoms with Gasteiger partial charge in [0, 0.05) is 48.1 Å². The van der Waals surface area contributed by atoms with Crippen molar-refractivity contribution in [2.75, 3.05) is 23.3 Å². The smallest absolute Gasteiger partial charge is 0.229 e. The lowest BCUT2D eigenvalue weighted by molar-refractivity contribution is 0.353. The molecule has 1 aliphatic carbocycles. The summed E-state index contributed by atoms with van der Waals surface area (Å²) in [6.45, 7) is 8.85. The van der Waals surface area contributed by atoms with Crippen molar-refractivity contribution in [3.63, 3.8) is 0 Å². The van der Waals surface area contributed by atoms with Crippen LogP contribution in [0.4, 0.5) is 17.5 Å². The van der Waals surface area contributed by atoms with Crippen LogP contribution in [0.25, 0.3) is 16.7 Å². The van der Waals surface area contributed by atoms with E-state index in [-0.39, 0.29) is 12.1 Å². The molecular formula is C26H32N8O2S. The molecule has 37 heavy (non-hydrogen) atoms. The third kappa shape index (κ3) is 4.11. The summed E-state index contributed by atoms with van der Waals surface area (Å²) < 4.78 is 32.2. The Morgan fingerprint density at radius 2 is 2.00 bits per heavy atom. The number of nitrogens with zero attached hydrogens (tertiary/aromatic N) is 5. The minimum Gasteiger partial charge on any atom is -0.349 e. The highest BCUT2D eigenvalue weighted by Crippen LogP contribution is 2.39. The first-order valence-corrected chi connectivity index (χ1v) is 14.0. The monoisotopic (exact) mass is 520 g/mol. The van der Waals surface area contributed by atoms with E-state index in [1.54, 1.807) is 12.4 Å². The molecule has 5 aliphatic heterocycles. The Balaban J connectivity index is 1.58. The summed E-state index contributed by atoms with van der Waals surface area (Å²) >= 11 is 0. The van der Waals surface area contributed by atoms with Crippen LogP contribution < -0.4 is 20.3 Å². The zero-order valence-electron chi connectivity index (χ0n) is 21.4. The molecule has 3 N–H and O–H groups in total. The minimum atomic E-state index is -3.83. The molecule has 0 amide bonds. The van der Waals surface area contributed by atoms with Crippen LogP contribution in [0.5, 0.6) is 0 Å². The molecule has 3 aromatic heterocycles. The molecular weight excluding hydrogens is 488 g/mol. The Morgan fingerprint density at radius 1 is 1.16 bits per heavy atom. The SMILES string of the molecule is C[C@H]1CN2c3ccc(cn3)Nc3ncc4ccn(c4n3)C3=CCC(S(=O)(=O)NC(C)(C)C)(C=C3)[C@@H]2CN1. The summed E-state index contributed by atoms with van der Waals surface area (Å²) in [5, 5.41) is 7.67. The number of anilines is 3. The van der Waals surface area contributed by atoms with Crippen LogP contribution in [0.15, 0.2) is 55.0 Å². The molecule has 10 nitrogen and oxygen atoms in total. The fraction of sp³-hybridized carbons (Fsp3) is 0.423. The van der Waals surface area contributed by atoms with E-state index >= 15 is 0 Å². The number of allylic oxidation sites excluding steroid dienone is 3.